The number of benzene rings is 1. The van der Waals surface area contributed by atoms with Crippen LogP contribution in [0, 0.1) is 17.6 Å². The molecule has 2 unspecified atom stereocenters. The molecule has 0 fully saturated rings. The summed E-state index contributed by atoms with van der Waals surface area (Å²) in [7, 11) is -4.24. The lowest BCUT2D eigenvalue weighted by molar-refractivity contribution is -0.140. The molecule has 2 N–H and O–H groups in total. The molecule has 0 aliphatic carbocycles. The SMILES string of the molecule is CCC(C)C(NS(=O)(=O)c1ccc(F)c(F)c1)C(=O)O. The van der Waals surface area contributed by atoms with Crippen molar-refractivity contribution in [3.8, 4) is 0 Å². The molecule has 0 aliphatic heterocycles. The quantitative estimate of drug-likeness (QED) is 0.838. The standard InChI is InChI=1S/C12H15F2NO4S/c1-3-7(2)11(12(16)17)15-20(18,19)8-4-5-9(13)10(14)6-8/h4-7,11,15H,3H2,1-2H3,(H,16,17). The lowest BCUT2D eigenvalue weighted by Crippen LogP contribution is -2.44. The summed E-state index contributed by atoms with van der Waals surface area (Å²) in [4.78, 5) is 10.5. The van der Waals surface area contributed by atoms with Gasteiger partial charge in [-0.05, 0) is 24.1 Å². The smallest absolute Gasteiger partial charge is 0.322 e. The van der Waals surface area contributed by atoms with Crippen molar-refractivity contribution in [1.29, 1.82) is 0 Å². The minimum Gasteiger partial charge on any atom is -0.480 e. The van der Waals surface area contributed by atoms with Gasteiger partial charge in [0.2, 0.25) is 10.0 Å². The monoisotopic (exact) mass is 307 g/mol. The highest BCUT2D eigenvalue weighted by atomic mass is 32.2. The zero-order chi connectivity index (χ0) is 15.5. The summed E-state index contributed by atoms with van der Waals surface area (Å²) in [5, 5.41) is 9.02. The number of rotatable bonds is 6. The van der Waals surface area contributed by atoms with Gasteiger partial charge in [0, 0.05) is 0 Å². The van der Waals surface area contributed by atoms with Crippen molar-refractivity contribution in [2.75, 3.05) is 0 Å². The van der Waals surface area contributed by atoms with E-state index in [-0.39, 0.29) is 0 Å². The first-order valence-electron chi connectivity index (χ1n) is 5.89. The summed E-state index contributed by atoms with van der Waals surface area (Å²) in [5.74, 6) is -4.28. The molecular weight excluding hydrogens is 292 g/mol. The minimum atomic E-state index is -4.24. The molecule has 1 aromatic rings. The fourth-order valence-corrected chi connectivity index (χ4v) is 2.83. The van der Waals surface area contributed by atoms with E-state index >= 15 is 0 Å². The molecule has 20 heavy (non-hydrogen) atoms. The molecule has 0 radical (unpaired) electrons. The van der Waals surface area contributed by atoms with Gasteiger partial charge in [0.1, 0.15) is 6.04 Å². The third kappa shape index (κ3) is 3.73. The van der Waals surface area contributed by atoms with Crippen molar-refractivity contribution < 1.29 is 27.1 Å². The number of carboxylic acids is 1. The second-order valence-corrected chi connectivity index (χ2v) is 6.11. The second kappa shape index (κ2) is 6.27. The van der Waals surface area contributed by atoms with Gasteiger partial charge >= 0.3 is 5.97 Å². The summed E-state index contributed by atoms with van der Waals surface area (Å²) in [6, 6.07) is 0.713. The Morgan fingerprint density at radius 3 is 2.40 bits per heavy atom. The maximum Gasteiger partial charge on any atom is 0.322 e. The van der Waals surface area contributed by atoms with E-state index in [2.05, 4.69) is 0 Å². The predicted molar refractivity (Wildman–Crippen MR) is 67.6 cm³/mol. The number of carboxylic acid groups (broad SMARTS) is 1. The van der Waals surface area contributed by atoms with E-state index in [1.54, 1.807) is 13.8 Å². The van der Waals surface area contributed by atoms with Crippen LogP contribution in [0.15, 0.2) is 23.1 Å². The summed E-state index contributed by atoms with van der Waals surface area (Å²) < 4.78 is 51.7. The Bertz CT molecular complexity index is 603. The third-order valence-electron chi connectivity index (χ3n) is 2.96. The molecule has 0 saturated heterocycles. The van der Waals surface area contributed by atoms with E-state index in [9.17, 15) is 22.0 Å². The number of hydrogen-bond donors (Lipinski definition) is 2. The maximum atomic E-state index is 13.0. The molecule has 112 valence electrons. The largest absolute Gasteiger partial charge is 0.480 e. The van der Waals surface area contributed by atoms with E-state index in [1.165, 1.54) is 0 Å². The average molecular weight is 307 g/mol. The van der Waals surface area contributed by atoms with E-state index in [0.717, 1.165) is 6.07 Å². The minimum absolute atomic E-state index is 0.442. The van der Waals surface area contributed by atoms with E-state index in [1.807, 2.05) is 4.72 Å². The van der Waals surface area contributed by atoms with Crippen molar-refractivity contribution >= 4 is 16.0 Å². The van der Waals surface area contributed by atoms with Crippen LogP contribution >= 0.6 is 0 Å². The maximum absolute atomic E-state index is 13.0. The number of sulfonamides is 1. The normalized spacial score (nSPS) is 14.8. The first-order valence-corrected chi connectivity index (χ1v) is 7.37. The summed E-state index contributed by atoms with van der Waals surface area (Å²) >= 11 is 0. The van der Waals surface area contributed by atoms with Gasteiger partial charge in [-0.1, -0.05) is 20.3 Å². The molecule has 1 aromatic carbocycles. The fraction of sp³-hybridized carbons (Fsp3) is 0.417. The molecule has 0 amide bonds. The first-order chi connectivity index (χ1) is 9.19. The van der Waals surface area contributed by atoms with Crippen molar-refractivity contribution in [2.24, 2.45) is 5.92 Å². The van der Waals surface area contributed by atoms with Crippen LogP contribution in [0.4, 0.5) is 8.78 Å². The van der Waals surface area contributed by atoms with Crippen molar-refractivity contribution in [2.45, 2.75) is 31.2 Å². The van der Waals surface area contributed by atoms with Crippen molar-refractivity contribution in [3.63, 3.8) is 0 Å². The van der Waals surface area contributed by atoms with Crippen LogP contribution in [0.1, 0.15) is 20.3 Å². The number of halogens is 2. The molecular formula is C12H15F2NO4S. The molecule has 0 saturated carbocycles. The Morgan fingerprint density at radius 2 is 1.95 bits per heavy atom. The van der Waals surface area contributed by atoms with Gasteiger partial charge in [-0.25, -0.2) is 17.2 Å². The zero-order valence-electron chi connectivity index (χ0n) is 10.9. The zero-order valence-corrected chi connectivity index (χ0v) is 11.7. The van der Waals surface area contributed by atoms with Gasteiger partial charge in [0.05, 0.1) is 4.90 Å². The highest BCUT2D eigenvalue weighted by Crippen LogP contribution is 2.16. The summed E-state index contributed by atoms with van der Waals surface area (Å²) in [6.45, 7) is 3.29. The lowest BCUT2D eigenvalue weighted by Gasteiger charge is -2.20. The molecule has 5 nitrogen and oxygen atoms in total. The summed E-state index contributed by atoms with van der Waals surface area (Å²) in [6.07, 6.45) is 0.442. The highest BCUT2D eigenvalue weighted by Gasteiger charge is 2.29. The Morgan fingerprint density at radius 1 is 1.35 bits per heavy atom. The Labute approximate surface area is 115 Å². The molecule has 0 bridgehead atoms. The predicted octanol–water partition coefficient (Wildman–Crippen LogP) is 1.74. The molecule has 0 aromatic heterocycles. The second-order valence-electron chi connectivity index (χ2n) is 4.40. The van der Waals surface area contributed by atoms with Gasteiger partial charge in [-0.2, -0.15) is 4.72 Å². The third-order valence-corrected chi connectivity index (χ3v) is 4.40. The molecule has 8 heteroatoms. The van der Waals surface area contributed by atoms with Crippen LogP contribution in [0.25, 0.3) is 0 Å². The van der Waals surface area contributed by atoms with Crippen LogP contribution in [0.3, 0.4) is 0 Å². The first kappa shape index (κ1) is 16.5. The van der Waals surface area contributed by atoms with Gasteiger partial charge in [0.25, 0.3) is 0 Å². The van der Waals surface area contributed by atoms with Gasteiger partial charge in [-0.3, -0.25) is 4.79 Å². The van der Waals surface area contributed by atoms with Crippen LogP contribution in [0.2, 0.25) is 0 Å². The Hall–Kier alpha value is -1.54. The highest BCUT2D eigenvalue weighted by molar-refractivity contribution is 7.89. The van der Waals surface area contributed by atoms with Crippen molar-refractivity contribution in [1.82, 2.24) is 4.72 Å². The van der Waals surface area contributed by atoms with E-state index in [4.69, 9.17) is 5.11 Å². The van der Waals surface area contributed by atoms with Gasteiger partial charge in [0.15, 0.2) is 11.6 Å². The average Bonchev–Trinajstić information content (AvgIpc) is 2.38. The number of aliphatic carboxylic acids is 1. The molecule has 0 spiro atoms. The van der Waals surface area contributed by atoms with Gasteiger partial charge < -0.3 is 5.11 Å². The van der Waals surface area contributed by atoms with E-state index in [0.29, 0.717) is 18.6 Å². The molecule has 1 rings (SSSR count). The molecule has 2 atom stereocenters. The molecule has 0 aliphatic rings. The van der Waals surface area contributed by atoms with Crippen molar-refractivity contribution in [3.05, 3.63) is 29.8 Å². The Kier molecular flexibility index (Phi) is 5.18. The van der Waals surface area contributed by atoms with Crippen LogP contribution in [-0.2, 0) is 14.8 Å². The van der Waals surface area contributed by atoms with Gasteiger partial charge in [-0.15, -0.1) is 0 Å². The number of nitrogens with one attached hydrogen (secondary N) is 1. The molecule has 0 heterocycles. The van der Waals surface area contributed by atoms with E-state index < -0.39 is 44.5 Å². The fourth-order valence-electron chi connectivity index (χ4n) is 1.52. The van der Waals surface area contributed by atoms with Crippen LogP contribution in [0.5, 0.6) is 0 Å². The summed E-state index contributed by atoms with van der Waals surface area (Å²) in [5.41, 5.74) is 0. The Balaban J connectivity index is 3.09. The lowest BCUT2D eigenvalue weighted by atomic mass is 10.0. The topological polar surface area (TPSA) is 83.5 Å². The van der Waals surface area contributed by atoms with Crippen LogP contribution in [-0.4, -0.2) is 25.5 Å². The number of hydrogen-bond acceptors (Lipinski definition) is 3. The van der Waals surface area contributed by atoms with Crippen LogP contribution < -0.4 is 4.72 Å². The number of carbonyl (C=O) groups is 1.